The van der Waals surface area contributed by atoms with Gasteiger partial charge in [0.25, 0.3) is 0 Å². The molecule has 98 valence electrons. The maximum Gasteiger partial charge on any atom is 0.115 e. The maximum absolute atomic E-state index is 9.72. The zero-order valence-corrected chi connectivity index (χ0v) is 10.8. The Morgan fingerprint density at radius 1 is 1.17 bits per heavy atom. The molecule has 3 nitrogen and oxygen atoms in total. The van der Waals surface area contributed by atoms with Gasteiger partial charge in [0.05, 0.1) is 6.61 Å². The van der Waals surface area contributed by atoms with Gasteiger partial charge in [0.15, 0.2) is 0 Å². The van der Waals surface area contributed by atoms with Crippen LogP contribution in [0.15, 0.2) is 18.2 Å². The van der Waals surface area contributed by atoms with Gasteiger partial charge in [-0.25, -0.2) is 0 Å². The van der Waals surface area contributed by atoms with Crippen LogP contribution in [0.4, 0.5) is 0 Å². The van der Waals surface area contributed by atoms with Gasteiger partial charge in [-0.2, -0.15) is 0 Å². The highest BCUT2D eigenvalue weighted by Gasteiger charge is 2.26. The second-order valence-corrected chi connectivity index (χ2v) is 5.29. The van der Waals surface area contributed by atoms with Crippen LogP contribution < -0.4 is 0 Å². The van der Waals surface area contributed by atoms with Crippen molar-refractivity contribution < 1.29 is 9.84 Å². The van der Waals surface area contributed by atoms with Gasteiger partial charge in [-0.1, -0.05) is 6.07 Å². The number of phenolic OH excluding ortho intramolecular Hbond substituents is 1. The van der Waals surface area contributed by atoms with E-state index in [1.807, 2.05) is 12.1 Å². The lowest BCUT2D eigenvalue weighted by Gasteiger charge is -2.35. The maximum atomic E-state index is 9.72. The summed E-state index contributed by atoms with van der Waals surface area (Å²) < 4.78 is 5.54. The van der Waals surface area contributed by atoms with Gasteiger partial charge < -0.3 is 9.84 Å². The number of fused-ring (bicyclic) bond motifs is 1. The molecule has 1 aliphatic carbocycles. The van der Waals surface area contributed by atoms with Crippen LogP contribution in [0.3, 0.4) is 0 Å². The average molecular weight is 247 g/mol. The molecule has 1 atom stereocenters. The van der Waals surface area contributed by atoms with E-state index in [0.717, 1.165) is 39.1 Å². The van der Waals surface area contributed by atoms with Crippen LogP contribution >= 0.6 is 0 Å². The van der Waals surface area contributed by atoms with Gasteiger partial charge in [0.1, 0.15) is 5.75 Å². The molecule has 1 aliphatic heterocycles. The van der Waals surface area contributed by atoms with E-state index in [9.17, 15) is 5.11 Å². The van der Waals surface area contributed by atoms with Gasteiger partial charge in [-0.05, 0) is 48.9 Å². The van der Waals surface area contributed by atoms with Crippen LogP contribution in [0.1, 0.15) is 36.4 Å². The third-order valence-electron chi connectivity index (χ3n) is 4.11. The normalized spacial score (nSPS) is 25.4. The first-order valence-corrected chi connectivity index (χ1v) is 6.98. The molecule has 0 bridgehead atoms. The predicted octanol–water partition coefficient (Wildman–Crippen LogP) is 2.49. The molecule has 1 aromatic rings. The van der Waals surface area contributed by atoms with E-state index in [1.165, 1.54) is 24.0 Å². The van der Waals surface area contributed by atoms with Crippen molar-refractivity contribution in [2.75, 3.05) is 26.3 Å². The molecule has 1 unspecified atom stereocenters. The highest BCUT2D eigenvalue weighted by atomic mass is 16.5. The summed E-state index contributed by atoms with van der Waals surface area (Å²) in [6.45, 7) is 3.85. The Kier molecular flexibility index (Phi) is 3.52. The summed E-state index contributed by atoms with van der Waals surface area (Å²) in [5, 5.41) is 9.72. The number of ether oxygens (including phenoxy) is 1. The molecule has 0 saturated carbocycles. The number of phenols is 1. The van der Waals surface area contributed by atoms with E-state index in [2.05, 4.69) is 11.0 Å². The molecule has 1 fully saturated rings. The van der Waals surface area contributed by atoms with Crippen LogP contribution in [0, 0.1) is 0 Å². The molecule has 2 aliphatic rings. The highest BCUT2D eigenvalue weighted by Crippen LogP contribution is 2.36. The predicted molar refractivity (Wildman–Crippen MR) is 70.8 cm³/mol. The third kappa shape index (κ3) is 2.38. The fourth-order valence-corrected chi connectivity index (χ4v) is 3.22. The second kappa shape index (κ2) is 5.29. The largest absolute Gasteiger partial charge is 0.508 e. The van der Waals surface area contributed by atoms with Crippen molar-refractivity contribution in [2.24, 2.45) is 0 Å². The molecular formula is C15H21NO2. The molecular weight excluding hydrogens is 226 g/mol. The standard InChI is InChI=1S/C15H21NO2/c17-13-6-5-12-3-1-4-15(14(12)11-13)16-7-2-9-18-10-8-16/h5-6,11,15,17H,1-4,7-10H2. The molecule has 1 N–H and O–H groups in total. The Balaban J connectivity index is 1.87. The van der Waals surface area contributed by atoms with Crippen molar-refractivity contribution in [1.29, 1.82) is 0 Å². The smallest absolute Gasteiger partial charge is 0.115 e. The van der Waals surface area contributed by atoms with Gasteiger partial charge in [0, 0.05) is 25.7 Å². The van der Waals surface area contributed by atoms with Crippen LogP contribution in [-0.4, -0.2) is 36.3 Å². The van der Waals surface area contributed by atoms with Gasteiger partial charge in [-0.3, -0.25) is 4.90 Å². The number of hydrogen-bond donors (Lipinski definition) is 1. The van der Waals surface area contributed by atoms with Crippen molar-refractivity contribution in [2.45, 2.75) is 31.7 Å². The topological polar surface area (TPSA) is 32.7 Å². The minimum Gasteiger partial charge on any atom is -0.508 e. The first-order chi connectivity index (χ1) is 8.84. The van der Waals surface area contributed by atoms with E-state index < -0.39 is 0 Å². The van der Waals surface area contributed by atoms with E-state index in [-0.39, 0.29) is 0 Å². The Hall–Kier alpha value is -1.06. The van der Waals surface area contributed by atoms with E-state index in [1.54, 1.807) is 0 Å². The SMILES string of the molecule is Oc1ccc2c(c1)C(N1CCCOCC1)CCC2. The number of hydrogen-bond acceptors (Lipinski definition) is 3. The van der Waals surface area contributed by atoms with Crippen molar-refractivity contribution in [3.8, 4) is 5.75 Å². The number of rotatable bonds is 1. The summed E-state index contributed by atoms with van der Waals surface area (Å²) in [7, 11) is 0. The van der Waals surface area contributed by atoms with Crippen LogP contribution in [-0.2, 0) is 11.2 Å². The van der Waals surface area contributed by atoms with Crippen LogP contribution in [0.5, 0.6) is 5.75 Å². The van der Waals surface area contributed by atoms with Crippen LogP contribution in [0.2, 0.25) is 0 Å². The lowest BCUT2D eigenvalue weighted by atomic mass is 9.86. The first kappa shape index (κ1) is 12.0. The molecule has 0 amide bonds. The third-order valence-corrected chi connectivity index (χ3v) is 4.11. The molecule has 0 spiro atoms. The number of aryl methyl sites for hydroxylation is 1. The number of benzene rings is 1. The second-order valence-electron chi connectivity index (χ2n) is 5.29. The average Bonchev–Trinajstić information content (AvgIpc) is 2.67. The van der Waals surface area contributed by atoms with Crippen molar-refractivity contribution in [3.63, 3.8) is 0 Å². The summed E-state index contributed by atoms with van der Waals surface area (Å²) in [5.74, 6) is 0.395. The summed E-state index contributed by atoms with van der Waals surface area (Å²) >= 11 is 0. The molecule has 0 aromatic heterocycles. The zero-order chi connectivity index (χ0) is 12.4. The number of aromatic hydroxyl groups is 1. The van der Waals surface area contributed by atoms with Gasteiger partial charge in [0.2, 0.25) is 0 Å². The van der Waals surface area contributed by atoms with E-state index in [0.29, 0.717) is 11.8 Å². The van der Waals surface area contributed by atoms with Crippen LogP contribution in [0.25, 0.3) is 0 Å². The Bertz CT molecular complexity index is 411. The summed E-state index contributed by atoms with van der Waals surface area (Å²) in [4.78, 5) is 2.53. The fraction of sp³-hybridized carbons (Fsp3) is 0.600. The zero-order valence-electron chi connectivity index (χ0n) is 10.8. The van der Waals surface area contributed by atoms with Crippen molar-refractivity contribution in [3.05, 3.63) is 29.3 Å². The quantitative estimate of drug-likeness (QED) is 0.827. The lowest BCUT2D eigenvalue weighted by molar-refractivity contribution is 0.127. The fourth-order valence-electron chi connectivity index (χ4n) is 3.22. The summed E-state index contributed by atoms with van der Waals surface area (Å²) in [6.07, 6.45) is 4.72. The van der Waals surface area contributed by atoms with Crippen molar-refractivity contribution in [1.82, 2.24) is 4.90 Å². The van der Waals surface area contributed by atoms with E-state index >= 15 is 0 Å². The molecule has 3 rings (SSSR count). The first-order valence-electron chi connectivity index (χ1n) is 6.98. The lowest BCUT2D eigenvalue weighted by Crippen LogP contribution is -2.33. The molecule has 3 heteroatoms. The van der Waals surface area contributed by atoms with Gasteiger partial charge >= 0.3 is 0 Å². The Labute approximate surface area is 108 Å². The minimum absolute atomic E-state index is 0.395. The molecule has 1 heterocycles. The molecule has 1 saturated heterocycles. The summed E-state index contributed by atoms with van der Waals surface area (Å²) in [6, 6.07) is 6.34. The monoisotopic (exact) mass is 247 g/mol. The Morgan fingerprint density at radius 2 is 2.11 bits per heavy atom. The molecule has 0 radical (unpaired) electrons. The molecule has 1 aromatic carbocycles. The van der Waals surface area contributed by atoms with E-state index in [4.69, 9.17) is 4.74 Å². The Morgan fingerprint density at radius 3 is 3.06 bits per heavy atom. The highest BCUT2D eigenvalue weighted by molar-refractivity contribution is 5.38. The minimum atomic E-state index is 0.395. The van der Waals surface area contributed by atoms with Crippen molar-refractivity contribution >= 4 is 0 Å². The number of nitrogens with zero attached hydrogens (tertiary/aromatic N) is 1. The summed E-state index contributed by atoms with van der Waals surface area (Å²) in [5.41, 5.74) is 2.75. The molecule has 18 heavy (non-hydrogen) atoms. The van der Waals surface area contributed by atoms with Gasteiger partial charge in [-0.15, -0.1) is 0 Å².